The highest BCUT2D eigenvalue weighted by Gasteiger charge is 2.21. The van der Waals surface area contributed by atoms with Crippen molar-refractivity contribution in [3.8, 4) is 6.07 Å². The van der Waals surface area contributed by atoms with Crippen LogP contribution in [0.15, 0.2) is 34.0 Å². The summed E-state index contributed by atoms with van der Waals surface area (Å²) in [7, 11) is -4.46. The van der Waals surface area contributed by atoms with Crippen LogP contribution in [0.1, 0.15) is 5.56 Å². The Bertz CT molecular complexity index is 872. The number of primary amides is 1. The molecule has 0 aliphatic rings. The minimum absolute atomic E-state index is 0.0865. The molecular weight excluding hydrogens is 300 g/mol. The Kier molecular flexibility index (Phi) is 3.59. The molecular formula is C12H8N2O4S2. The number of hydrogen-bond donors (Lipinski definition) is 2. The van der Waals surface area contributed by atoms with Gasteiger partial charge in [-0.25, -0.2) is 0 Å². The van der Waals surface area contributed by atoms with Crippen LogP contribution in [0, 0.1) is 11.3 Å². The molecule has 0 aliphatic carbocycles. The zero-order valence-electron chi connectivity index (χ0n) is 9.90. The number of nitriles is 1. The summed E-state index contributed by atoms with van der Waals surface area (Å²) in [6.07, 6.45) is 1.07. The van der Waals surface area contributed by atoms with Crippen LogP contribution in [0.5, 0.6) is 0 Å². The normalized spacial score (nSPS) is 12.3. The van der Waals surface area contributed by atoms with Crippen molar-refractivity contribution >= 4 is 43.5 Å². The van der Waals surface area contributed by atoms with Crippen LogP contribution in [-0.2, 0) is 14.9 Å². The molecule has 1 aromatic carbocycles. The van der Waals surface area contributed by atoms with E-state index in [9.17, 15) is 17.8 Å². The molecule has 0 fully saturated rings. The molecule has 20 heavy (non-hydrogen) atoms. The maximum Gasteiger partial charge on any atom is 0.304 e. The first-order valence-corrected chi connectivity index (χ1v) is 7.51. The molecule has 1 aromatic heterocycles. The van der Waals surface area contributed by atoms with Gasteiger partial charge < -0.3 is 5.73 Å². The lowest BCUT2D eigenvalue weighted by Gasteiger charge is -1.97. The molecule has 8 heteroatoms. The molecule has 0 bridgehead atoms. The van der Waals surface area contributed by atoms with E-state index in [1.165, 1.54) is 0 Å². The number of nitrogens with zero attached hydrogens (tertiary/aromatic N) is 1. The molecule has 0 saturated carbocycles. The number of rotatable bonds is 3. The molecule has 0 radical (unpaired) electrons. The van der Waals surface area contributed by atoms with Crippen molar-refractivity contribution in [3.63, 3.8) is 0 Å². The van der Waals surface area contributed by atoms with Crippen LogP contribution < -0.4 is 5.73 Å². The largest absolute Gasteiger partial charge is 0.365 e. The number of amides is 1. The van der Waals surface area contributed by atoms with Gasteiger partial charge >= 0.3 is 10.1 Å². The van der Waals surface area contributed by atoms with Crippen molar-refractivity contribution in [1.29, 1.82) is 5.26 Å². The lowest BCUT2D eigenvalue weighted by Crippen LogP contribution is -2.12. The van der Waals surface area contributed by atoms with Crippen molar-refractivity contribution in [3.05, 3.63) is 35.4 Å². The van der Waals surface area contributed by atoms with Gasteiger partial charge in [0.15, 0.2) is 4.21 Å². The Morgan fingerprint density at radius 3 is 2.60 bits per heavy atom. The van der Waals surface area contributed by atoms with E-state index in [4.69, 9.17) is 11.0 Å². The van der Waals surface area contributed by atoms with Crippen molar-refractivity contribution in [1.82, 2.24) is 0 Å². The van der Waals surface area contributed by atoms with Gasteiger partial charge in [0.05, 0.1) is 0 Å². The second-order valence-electron chi connectivity index (χ2n) is 3.81. The first-order chi connectivity index (χ1) is 9.34. The van der Waals surface area contributed by atoms with Crippen LogP contribution in [0.25, 0.3) is 16.2 Å². The summed E-state index contributed by atoms with van der Waals surface area (Å²) in [4.78, 5) is 11.1. The van der Waals surface area contributed by atoms with Crippen LogP contribution in [-0.4, -0.2) is 18.9 Å². The number of carbonyl (C=O) groups excluding carboxylic acids is 1. The predicted octanol–water partition coefficient (Wildman–Crippen LogP) is 1.54. The molecule has 2 rings (SSSR count). The SMILES string of the molecule is N#C/C(=C/c1c(S(=O)(=O)O)sc2ccccc12)C(N)=O. The standard InChI is InChI=1S/C12H8N2O4S2/c13-6-7(11(14)15)5-9-8-3-1-2-4-10(8)19-12(9)20(16,17)18/h1-5H,(H2,14,15)(H,16,17,18)/b7-5-. The van der Waals surface area contributed by atoms with Gasteiger partial charge in [0.25, 0.3) is 5.91 Å². The van der Waals surface area contributed by atoms with Crippen LogP contribution in [0.2, 0.25) is 0 Å². The lowest BCUT2D eigenvalue weighted by atomic mass is 10.1. The van der Waals surface area contributed by atoms with Gasteiger partial charge in [-0.3, -0.25) is 9.35 Å². The average Bonchev–Trinajstić information content (AvgIpc) is 2.74. The van der Waals surface area contributed by atoms with Crippen LogP contribution in [0.4, 0.5) is 0 Å². The van der Waals surface area contributed by atoms with E-state index in [0.29, 0.717) is 10.1 Å². The average molecular weight is 308 g/mol. The van der Waals surface area contributed by atoms with Crippen LogP contribution in [0.3, 0.4) is 0 Å². The summed E-state index contributed by atoms with van der Waals surface area (Å²) < 4.78 is 32.3. The summed E-state index contributed by atoms with van der Waals surface area (Å²) in [5, 5.41) is 9.35. The van der Waals surface area contributed by atoms with Gasteiger partial charge in [0.2, 0.25) is 0 Å². The third kappa shape index (κ3) is 2.55. The second kappa shape index (κ2) is 5.05. The van der Waals surface area contributed by atoms with Gasteiger partial charge in [0.1, 0.15) is 11.6 Å². The first-order valence-electron chi connectivity index (χ1n) is 5.25. The maximum atomic E-state index is 11.4. The zero-order chi connectivity index (χ0) is 14.9. The first kappa shape index (κ1) is 14.2. The fraction of sp³-hybridized carbons (Fsp3) is 0. The summed E-state index contributed by atoms with van der Waals surface area (Å²) >= 11 is 0.851. The van der Waals surface area contributed by atoms with E-state index in [1.54, 1.807) is 30.3 Å². The number of thiophene rings is 1. The topological polar surface area (TPSA) is 121 Å². The highest BCUT2D eigenvalue weighted by Crippen LogP contribution is 2.35. The van der Waals surface area contributed by atoms with E-state index in [-0.39, 0.29) is 9.77 Å². The minimum atomic E-state index is -4.46. The molecule has 6 nitrogen and oxygen atoms in total. The quantitative estimate of drug-likeness (QED) is 0.506. The third-order valence-corrected chi connectivity index (χ3v) is 5.06. The van der Waals surface area contributed by atoms with E-state index in [0.717, 1.165) is 17.4 Å². The summed E-state index contributed by atoms with van der Waals surface area (Å²) in [6, 6.07) is 8.28. The highest BCUT2D eigenvalue weighted by molar-refractivity contribution is 7.88. The molecule has 0 saturated heterocycles. The molecule has 3 N–H and O–H groups in total. The molecule has 0 unspecified atom stereocenters. The van der Waals surface area contributed by atoms with Crippen molar-refractivity contribution in [2.75, 3.05) is 0 Å². The van der Waals surface area contributed by atoms with Crippen LogP contribution >= 0.6 is 11.3 Å². The Morgan fingerprint density at radius 2 is 2.05 bits per heavy atom. The number of nitrogens with two attached hydrogens (primary N) is 1. The van der Waals surface area contributed by atoms with Gasteiger partial charge in [-0.1, -0.05) is 18.2 Å². The summed E-state index contributed by atoms with van der Waals surface area (Å²) in [6.45, 7) is 0. The summed E-state index contributed by atoms with van der Waals surface area (Å²) in [5.41, 5.74) is 4.72. The fourth-order valence-electron chi connectivity index (χ4n) is 1.67. The number of benzene rings is 1. The van der Waals surface area contributed by atoms with E-state index < -0.39 is 21.6 Å². The van der Waals surface area contributed by atoms with E-state index in [1.807, 2.05) is 0 Å². The lowest BCUT2D eigenvalue weighted by molar-refractivity contribution is -0.114. The van der Waals surface area contributed by atoms with Crippen molar-refractivity contribution in [2.24, 2.45) is 5.73 Å². The van der Waals surface area contributed by atoms with Gasteiger partial charge in [-0.15, -0.1) is 11.3 Å². The Hall–Kier alpha value is -2.21. The predicted molar refractivity (Wildman–Crippen MR) is 74.4 cm³/mol. The molecule has 1 heterocycles. The molecule has 2 aromatic rings. The second-order valence-corrected chi connectivity index (χ2v) is 6.48. The Morgan fingerprint density at radius 1 is 1.40 bits per heavy atom. The van der Waals surface area contributed by atoms with Gasteiger partial charge in [-0.05, 0) is 12.1 Å². The maximum absolute atomic E-state index is 11.4. The minimum Gasteiger partial charge on any atom is -0.365 e. The molecule has 102 valence electrons. The molecule has 0 aliphatic heterocycles. The van der Waals surface area contributed by atoms with Gasteiger partial charge in [-0.2, -0.15) is 13.7 Å². The van der Waals surface area contributed by atoms with E-state index in [2.05, 4.69) is 0 Å². The fourth-order valence-corrected chi connectivity index (χ4v) is 3.72. The smallest absolute Gasteiger partial charge is 0.304 e. The van der Waals surface area contributed by atoms with Crippen molar-refractivity contribution < 1.29 is 17.8 Å². The van der Waals surface area contributed by atoms with Crippen molar-refractivity contribution in [2.45, 2.75) is 4.21 Å². The van der Waals surface area contributed by atoms with E-state index >= 15 is 0 Å². The highest BCUT2D eigenvalue weighted by atomic mass is 32.3. The molecule has 0 atom stereocenters. The third-order valence-electron chi connectivity index (χ3n) is 2.51. The zero-order valence-corrected chi connectivity index (χ0v) is 11.5. The summed E-state index contributed by atoms with van der Waals surface area (Å²) in [5.74, 6) is -0.968. The monoisotopic (exact) mass is 308 g/mol. The number of carbonyl (C=O) groups is 1. The molecule has 0 spiro atoms. The van der Waals surface area contributed by atoms with Gasteiger partial charge in [0, 0.05) is 15.6 Å². The number of fused-ring (bicyclic) bond motifs is 1. The Labute approximate surface area is 118 Å². The molecule has 1 amide bonds. The number of hydrogen-bond acceptors (Lipinski definition) is 5. The Balaban J connectivity index is 2.87.